The van der Waals surface area contributed by atoms with Gasteiger partial charge >= 0.3 is 0 Å². The summed E-state index contributed by atoms with van der Waals surface area (Å²) in [6, 6.07) is 5.00. The Morgan fingerprint density at radius 3 is 2.82 bits per heavy atom. The Bertz CT molecular complexity index is 566. The predicted molar refractivity (Wildman–Crippen MR) is 63.6 cm³/mol. The summed E-state index contributed by atoms with van der Waals surface area (Å²) in [4.78, 5) is 18.4. The van der Waals surface area contributed by atoms with Gasteiger partial charge in [-0.2, -0.15) is 5.10 Å². The first-order valence-corrected chi connectivity index (χ1v) is 5.95. The van der Waals surface area contributed by atoms with Crippen LogP contribution in [0, 0.1) is 0 Å². The summed E-state index contributed by atoms with van der Waals surface area (Å²) in [7, 11) is 0. The molecule has 17 heavy (non-hydrogen) atoms. The van der Waals surface area contributed by atoms with Gasteiger partial charge in [0.05, 0.1) is 5.69 Å². The van der Waals surface area contributed by atoms with Crippen molar-refractivity contribution in [3.63, 3.8) is 0 Å². The van der Waals surface area contributed by atoms with E-state index in [2.05, 4.69) is 20.2 Å². The van der Waals surface area contributed by atoms with Crippen LogP contribution in [0.1, 0.15) is 37.4 Å². The van der Waals surface area contributed by atoms with E-state index in [0.29, 0.717) is 17.4 Å². The van der Waals surface area contributed by atoms with E-state index in [9.17, 15) is 4.79 Å². The molecule has 2 aromatic rings. The molecule has 0 aliphatic heterocycles. The van der Waals surface area contributed by atoms with Gasteiger partial charge in [-0.1, -0.05) is 18.9 Å². The molecule has 2 heterocycles. The first-order chi connectivity index (χ1) is 8.33. The highest BCUT2D eigenvalue weighted by molar-refractivity contribution is 5.47. The first kappa shape index (κ1) is 10.3. The van der Waals surface area contributed by atoms with E-state index in [0.717, 1.165) is 5.82 Å². The topological polar surface area (TPSA) is 74.4 Å². The molecule has 5 heteroatoms. The first-order valence-electron chi connectivity index (χ1n) is 5.95. The number of nitrogens with one attached hydrogen (secondary N) is 2. The molecule has 0 atom stereocenters. The quantitative estimate of drug-likeness (QED) is 0.826. The normalized spacial score (nSPS) is 16.5. The van der Waals surface area contributed by atoms with Crippen molar-refractivity contribution >= 4 is 0 Å². The number of hydrogen-bond donors (Lipinski definition) is 2. The molecule has 1 fully saturated rings. The molecule has 1 saturated carbocycles. The molecule has 0 saturated heterocycles. The molecule has 0 radical (unpaired) electrons. The molecule has 5 nitrogen and oxygen atoms in total. The Kier molecular flexibility index (Phi) is 2.51. The zero-order valence-electron chi connectivity index (χ0n) is 9.44. The van der Waals surface area contributed by atoms with Crippen LogP contribution in [-0.4, -0.2) is 20.2 Å². The Morgan fingerprint density at radius 1 is 1.24 bits per heavy atom. The standard InChI is InChI=1S/C12H14N4O/c17-10-7-3-6-9(13-10)12-14-11(15-16-12)8-4-1-2-5-8/h3,6-8H,1-2,4-5H2,(H,13,17)(H,14,15,16). The number of nitrogens with zero attached hydrogens (tertiary/aromatic N) is 2. The Labute approximate surface area is 98.3 Å². The zero-order chi connectivity index (χ0) is 11.7. The van der Waals surface area contributed by atoms with Crippen LogP contribution in [0.25, 0.3) is 11.5 Å². The lowest BCUT2D eigenvalue weighted by atomic mass is 10.1. The van der Waals surface area contributed by atoms with Crippen molar-refractivity contribution in [2.75, 3.05) is 0 Å². The maximum Gasteiger partial charge on any atom is 0.248 e. The second kappa shape index (κ2) is 4.16. The Balaban J connectivity index is 1.91. The Hall–Kier alpha value is -1.91. The predicted octanol–water partition coefficient (Wildman–Crippen LogP) is 1.82. The minimum absolute atomic E-state index is 0.130. The van der Waals surface area contributed by atoms with Crippen LogP contribution in [0.5, 0.6) is 0 Å². The molecule has 0 unspecified atom stereocenters. The lowest BCUT2D eigenvalue weighted by Crippen LogP contribution is -2.04. The second-order valence-electron chi connectivity index (χ2n) is 4.45. The number of H-pyrrole nitrogens is 2. The van der Waals surface area contributed by atoms with Crippen LogP contribution >= 0.6 is 0 Å². The van der Waals surface area contributed by atoms with E-state index in [1.165, 1.54) is 31.7 Å². The lowest BCUT2D eigenvalue weighted by Gasteiger charge is -2.01. The fourth-order valence-electron chi connectivity index (χ4n) is 2.35. The number of aromatic amines is 2. The monoisotopic (exact) mass is 230 g/mol. The SMILES string of the molecule is O=c1cccc(-c2n[nH]c(C3CCCC3)n2)[nH]1. The van der Waals surface area contributed by atoms with Crippen molar-refractivity contribution in [3.8, 4) is 11.5 Å². The third kappa shape index (κ3) is 2.00. The van der Waals surface area contributed by atoms with Gasteiger partial charge in [0.2, 0.25) is 5.56 Å². The van der Waals surface area contributed by atoms with Crippen LogP contribution in [0.4, 0.5) is 0 Å². The van der Waals surface area contributed by atoms with Gasteiger partial charge in [0.25, 0.3) is 0 Å². The van der Waals surface area contributed by atoms with Gasteiger partial charge in [-0.3, -0.25) is 9.89 Å². The lowest BCUT2D eigenvalue weighted by molar-refractivity contribution is 0.672. The summed E-state index contributed by atoms with van der Waals surface area (Å²) in [6.07, 6.45) is 4.89. The van der Waals surface area contributed by atoms with E-state index in [1.807, 2.05) is 6.07 Å². The molecule has 0 amide bonds. The molecule has 1 aliphatic carbocycles. The minimum Gasteiger partial charge on any atom is -0.319 e. The van der Waals surface area contributed by atoms with Gasteiger partial charge in [0.15, 0.2) is 5.82 Å². The van der Waals surface area contributed by atoms with Gasteiger partial charge in [-0.05, 0) is 18.9 Å². The largest absolute Gasteiger partial charge is 0.319 e. The molecular weight excluding hydrogens is 216 g/mol. The van der Waals surface area contributed by atoms with Crippen molar-refractivity contribution in [2.45, 2.75) is 31.6 Å². The van der Waals surface area contributed by atoms with Crippen LogP contribution in [0.2, 0.25) is 0 Å². The molecule has 2 N–H and O–H groups in total. The van der Waals surface area contributed by atoms with E-state index in [4.69, 9.17) is 0 Å². The van der Waals surface area contributed by atoms with Gasteiger partial charge in [0, 0.05) is 12.0 Å². The summed E-state index contributed by atoms with van der Waals surface area (Å²) in [5.74, 6) is 2.03. The number of pyridine rings is 1. The summed E-state index contributed by atoms with van der Waals surface area (Å²) in [5, 5.41) is 7.15. The smallest absolute Gasteiger partial charge is 0.248 e. The molecule has 0 bridgehead atoms. The molecule has 0 spiro atoms. The van der Waals surface area contributed by atoms with E-state index >= 15 is 0 Å². The van der Waals surface area contributed by atoms with E-state index in [-0.39, 0.29) is 5.56 Å². The fourth-order valence-corrected chi connectivity index (χ4v) is 2.35. The summed E-state index contributed by atoms with van der Waals surface area (Å²) < 4.78 is 0. The summed E-state index contributed by atoms with van der Waals surface area (Å²) in [5.41, 5.74) is 0.535. The summed E-state index contributed by atoms with van der Waals surface area (Å²) in [6.45, 7) is 0. The average molecular weight is 230 g/mol. The van der Waals surface area contributed by atoms with E-state index < -0.39 is 0 Å². The molecule has 1 aliphatic rings. The molecule has 2 aromatic heterocycles. The van der Waals surface area contributed by atoms with Crippen LogP contribution in [0.3, 0.4) is 0 Å². The number of rotatable bonds is 2. The molecule has 88 valence electrons. The third-order valence-electron chi connectivity index (χ3n) is 3.25. The average Bonchev–Trinajstić information content (AvgIpc) is 3.00. The van der Waals surface area contributed by atoms with Gasteiger partial charge < -0.3 is 4.98 Å². The van der Waals surface area contributed by atoms with Gasteiger partial charge in [-0.25, -0.2) is 4.98 Å². The zero-order valence-corrected chi connectivity index (χ0v) is 9.44. The van der Waals surface area contributed by atoms with E-state index in [1.54, 1.807) is 6.07 Å². The van der Waals surface area contributed by atoms with Crippen molar-refractivity contribution in [1.29, 1.82) is 0 Å². The molecule has 3 rings (SSSR count). The second-order valence-corrected chi connectivity index (χ2v) is 4.45. The van der Waals surface area contributed by atoms with Crippen LogP contribution < -0.4 is 5.56 Å². The number of aromatic nitrogens is 4. The van der Waals surface area contributed by atoms with Crippen molar-refractivity contribution in [2.24, 2.45) is 0 Å². The highest BCUT2D eigenvalue weighted by Crippen LogP contribution is 2.32. The number of hydrogen-bond acceptors (Lipinski definition) is 3. The summed E-state index contributed by atoms with van der Waals surface area (Å²) >= 11 is 0. The van der Waals surface area contributed by atoms with Crippen LogP contribution in [0.15, 0.2) is 23.0 Å². The fraction of sp³-hybridized carbons (Fsp3) is 0.417. The molecule has 0 aromatic carbocycles. The highest BCUT2D eigenvalue weighted by Gasteiger charge is 2.20. The van der Waals surface area contributed by atoms with Crippen molar-refractivity contribution in [3.05, 3.63) is 34.4 Å². The maximum atomic E-state index is 11.2. The van der Waals surface area contributed by atoms with Crippen molar-refractivity contribution < 1.29 is 0 Å². The van der Waals surface area contributed by atoms with Gasteiger partial charge in [0.1, 0.15) is 5.82 Å². The Morgan fingerprint density at radius 2 is 2.06 bits per heavy atom. The van der Waals surface area contributed by atoms with Gasteiger partial charge in [-0.15, -0.1) is 0 Å². The highest BCUT2D eigenvalue weighted by atomic mass is 16.1. The maximum absolute atomic E-state index is 11.2. The van der Waals surface area contributed by atoms with Crippen molar-refractivity contribution in [1.82, 2.24) is 20.2 Å². The molecular formula is C12H14N4O. The third-order valence-corrected chi connectivity index (χ3v) is 3.25. The minimum atomic E-state index is -0.130. The van der Waals surface area contributed by atoms with Crippen LogP contribution in [-0.2, 0) is 0 Å².